The zero-order chi connectivity index (χ0) is 22.0. The van der Waals surface area contributed by atoms with E-state index in [1.165, 1.54) is 5.01 Å². The minimum Gasteiger partial charge on any atom is -0.309 e. The summed E-state index contributed by atoms with van der Waals surface area (Å²) in [5.41, 5.74) is 4.97. The maximum absolute atomic E-state index is 13.3. The number of carbonyl (C=O) groups is 3. The van der Waals surface area contributed by atoms with E-state index in [0.29, 0.717) is 41.9 Å². The lowest BCUT2D eigenvalue weighted by molar-refractivity contribution is -0.139. The second kappa shape index (κ2) is 8.49. The number of amides is 3. The third-order valence-electron chi connectivity index (χ3n) is 5.77. The largest absolute Gasteiger partial charge is 0.309 e. The number of anilines is 2. The molecule has 156 valence electrons. The van der Waals surface area contributed by atoms with Gasteiger partial charge in [-0.25, -0.2) is 5.01 Å². The number of terminal acetylenes is 1. The van der Waals surface area contributed by atoms with Gasteiger partial charge in [0.1, 0.15) is 0 Å². The first-order valence-electron chi connectivity index (χ1n) is 10.3. The molecule has 4 rings (SSSR count). The van der Waals surface area contributed by atoms with Crippen LogP contribution in [0, 0.1) is 24.2 Å². The van der Waals surface area contributed by atoms with Gasteiger partial charge in [0.05, 0.1) is 17.5 Å². The molecule has 2 aromatic rings. The van der Waals surface area contributed by atoms with Crippen molar-refractivity contribution in [3.8, 4) is 12.3 Å². The highest BCUT2D eigenvalue weighted by Crippen LogP contribution is 2.32. The summed E-state index contributed by atoms with van der Waals surface area (Å²) in [4.78, 5) is 40.5. The van der Waals surface area contributed by atoms with Gasteiger partial charge in [0.15, 0.2) is 0 Å². The van der Waals surface area contributed by atoms with E-state index in [1.807, 2.05) is 31.2 Å². The van der Waals surface area contributed by atoms with E-state index in [1.54, 1.807) is 41.3 Å². The fourth-order valence-electron chi connectivity index (χ4n) is 4.12. The monoisotopic (exact) mass is 413 g/mol. The highest BCUT2D eigenvalue weighted by atomic mass is 16.2. The highest BCUT2D eigenvalue weighted by Gasteiger charge is 2.42. The molecule has 2 aliphatic rings. The summed E-state index contributed by atoms with van der Waals surface area (Å²) in [5.74, 6) is 1.32. The maximum atomic E-state index is 13.3. The predicted molar refractivity (Wildman–Crippen MR) is 119 cm³/mol. The summed E-state index contributed by atoms with van der Waals surface area (Å²) in [6.07, 6.45) is 10.5. The van der Waals surface area contributed by atoms with Crippen molar-refractivity contribution in [3.63, 3.8) is 0 Å². The van der Waals surface area contributed by atoms with E-state index in [4.69, 9.17) is 6.42 Å². The Morgan fingerprint density at radius 3 is 2.61 bits per heavy atom. The van der Waals surface area contributed by atoms with Crippen LogP contribution in [-0.4, -0.2) is 24.3 Å². The average Bonchev–Trinajstić information content (AvgIpc) is 2.82. The number of hydrogen-bond acceptors (Lipinski definition) is 3. The van der Waals surface area contributed by atoms with Gasteiger partial charge in [-0.2, -0.15) is 0 Å². The summed E-state index contributed by atoms with van der Waals surface area (Å²) in [6, 6.07) is 14.0. The molecule has 0 aromatic heterocycles. The second-order valence-electron chi connectivity index (χ2n) is 7.60. The van der Waals surface area contributed by atoms with Crippen molar-refractivity contribution in [2.45, 2.75) is 19.8 Å². The summed E-state index contributed by atoms with van der Waals surface area (Å²) in [6.45, 7) is 2.34. The fraction of sp³-hybridized carbons (Fsp3) is 0.240. The molecule has 0 spiro atoms. The smallest absolute Gasteiger partial charge is 0.258 e. The molecule has 1 saturated heterocycles. The standard InChI is InChI=1S/C25H23N3O3/c1-3-17-9-7-11-19(15-17)27(4-2)24(30)18-10-8-12-20(16-18)28-25(31)22-14-6-5-13-21(22)23(29)26-28/h1,5-12,15-16,21-22H,4,13-14H2,2H3,(H,26,29). The molecule has 0 saturated carbocycles. The van der Waals surface area contributed by atoms with Crippen molar-refractivity contribution in [3.05, 3.63) is 71.8 Å². The molecule has 3 amide bonds. The molecule has 6 heteroatoms. The summed E-state index contributed by atoms with van der Waals surface area (Å²) in [5, 5.41) is 1.27. The SMILES string of the molecule is C#Cc1cccc(N(CC)C(=O)c2cccc(N3NC(=O)C4CC=CCC4C3=O)c2)c1. The van der Waals surface area contributed by atoms with E-state index in [9.17, 15) is 14.4 Å². The van der Waals surface area contributed by atoms with Crippen molar-refractivity contribution in [1.29, 1.82) is 0 Å². The molecule has 2 atom stereocenters. The third kappa shape index (κ3) is 3.82. The summed E-state index contributed by atoms with van der Waals surface area (Å²) >= 11 is 0. The van der Waals surface area contributed by atoms with E-state index in [0.717, 1.165) is 0 Å². The van der Waals surface area contributed by atoms with Gasteiger partial charge >= 0.3 is 0 Å². The minimum atomic E-state index is -0.378. The van der Waals surface area contributed by atoms with Crippen molar-refractivity contribution >= 4 is 29.1 Å². The molecular formula is C25H23N3O3. The number of hydrogen-bond donors (Lipinski definition) is 1. The van der Waals surface area contributed by atoms with Crippen LogP contribution >= 0.6 is 0 Å². The quantitative estimate of drug-likeness (QED) is 0.618. The topological polar surface area (TPSA) is 69.7 Å². The number of carbonyl (C=O) groups excluding carboxylic acids is 3. The van der Waals surface area contributed by atoms with Gasteiger partial charge in [-0.05, 0) is 56.2 Å². The van der Waals surface area contributed by atoms with Crippen LogP contribution < -0.4 is 15.3 Å². The Morgan fingerprint density at radius 2 is 1.87 bits per heavy atom. The molecule has 1 N–H and O–H groups in total. The van der Waals surface area contributed by atoms with Gasteiger partial charge in [-0.3, -0.25) is 19.8 Å². The van der Waals surface area contributed by atoms with Gasteiger partial charge in [-0.1, -0.05) is 30.2 Å². The fourth-order valence-corrected chi connectivity index (χ4v) is 4.12. The van der Waals surface area contributed by atoms with Crippen molar-refractivity contribution in [1.82, 2.24) is 5.43 Å². The third-order valence-corrected chi connectivity index (χ3v) is 5.77. The summed E-state index contributed by atoms with van der Waals surface area (Å²) in [7, 11) is 0. The zero-order valence-corrected chi connectivity index (χ0v) is 17.2. The highest BCUT2D eigenvalue weighted by molar-refractivity contribution is 6.08. The van der Waals surface area contributed by atoms with Gasteiger partial charge in [0.25, 0.3) is 5.91 Å². The number of hydrazine groups is 1. The molecule has 2 aromatic carbocycles. The van der Waals surface area contributed by atoms with E-state index in [-0.39, 0.29) is 29.6 Å². The van der Waals surface area contributed by atoms with Crippen LogP contribution in [0.3, 0.4) is 0 Å². The Morgan fingerprint density at radius 1 is 1.13 bits per heavy atom. The lowest BCUT2D eigenvalue weighted by Crippen LogP contribution is -2.59. The first-order valence-corrected chi connectivity index (χ1v) is 10.3. The Hall–Kier alpha value is -3.85. The van der Waals surface area contributed by atoms with Crippen molar-refractivity contribution in [2.75, 3.05) is 16.5 Å². The minimum absolute atomic E-state index is 0.160. The number of fused-ring (bicyclic) bond motifs is 1. The van der Waals surface area contributed by atoms with Crippen LogP contribution in [0.2, 0.25) is 0 Å². The van der Waals surface area contributed by atoms with Gasteiger partial charge < -0.3 is 4.90 Å². The van der Waals surface area contributed by atoms with Crippen LogP contribution in [0.25, 0.3) is 0 Å². The van der Waals surface area contributed by atoms with Crippen LogP contribution in [-0.2, 0) is 9.59 Å². The average molecular weight is 413 g/mol. The van der Waals surface area contributed by atoms with Crippen LogP contribution in [0.15, 0.2) is 60.7 Å². The molecular weight excluding hydrogens is 390 g/mol. The van der Waals surface area contributed by atoms with Crippen LogP contribution in [0.4, 0.5) is 11.4 Å². The molecule has 31 heavy (non-hydrogen) atoms. The molecule has 1 fully saturated rings. The second-order valence-corrected chi connectivity index (χ2v) is 7.60. The number of rotatable bonds is 4. The normalized spacial score (nSPS) is 19.9. The van der Waals surface area contributed by atoms with Gasteiger partial charge in [-0.15, -0.1) is 6.42 Å². The number of nitrogens with zero attached hydrogens (tertiary/aromatic N) is 2. The lowest BCUT2D eigenvalue weighted by Gasteiger charge is -2.38. The molecule has 1 heterocycles. The molecule has 1 aliphatic heterocycles. The number of nitrogens with one attached hydrogen (secondary N) is 1. The first-order chi connectivity index (χ1) is 15.0. The Balaban J connectivity index is 1.62. The van der Waals surface area contributed by atoms with Gasteiger partial charge in [0, 0.05) is 23.4 Å². The lowest BCUT2D eigenvalue weighted by atomic mass is 9.80. The van der Waals surface area contributed by atoms with Crippen molar-refractivity contribution < 1.29 is 14.4 Å². The number of allylic oxidation sites excluding steroid dienone is 2. The van der Waals surface area contributed by atoms with Gasteiger partial charge in [0.2, 0.25) is 11.8 Å². The van der Waals surface area contributed by atoms with Crippen LogP contribution in [0.1, 0.15) is 35.7 Å². The molecule has 6 nitrogen and oxygen atoms in total. The van der Waals surface area contributed by atoms with E-state index in [2.05, 4.69) is 11.3 Å². The molecule has 0 radical (unpaired) electrons. The molecule has 0 bridgehead atoms. The predicted octanol–water partition coefficient (Wildman–Crippen LogP) is 3.29. The molecule has 1 aliphatic carbocycles. The summed E-state index contributed by atoms with van der Waals surface area (Å²) < 4.78 is 0. The Labute approximate surface area is 181 Å². The zero-order valence-electron chi connectivity index (χ0n) is 17.2. The first kappa shape index (κ1) is 20.4. The molecule has 2 unspecified atom stereocenters. The van der Waals surface area contributed by atoms with E-state index >= 15 is 0 Å². The Bertz CT molecular complexity index is 1110. The number of benzene rings is 2. The van der Waals surface area contributed by atoms with Crippen LogP contribution in [0.5, 0.6) is 0 Å². The maximum Gasteiger partial charge on any atom is 0.258 e. The van der Waals surface area contributed by atoms with E-state index < -0.39 is 0 Å². The Kier molecular flexibility index (Phi) is 5.59. The van der Waals surface area contributed by atoms with Crippen molar-refractivity contribution in [2.24, 2.45) is 11.8 Å².